The lowest BCUT2D eigenvalue weighted by molar-refractivity contribution is 0.581. The highest BCUT2D eigenvalue weighted by Crippen LogP contribution is 2.19. The average Bonchev–Trinajstić information content (AvgIpc) is 3.29. The number of para-hydroxylation sites is 1. The van der Waals surface area contributed by atoms with Gasteiger partial charge in [0.05, 0.1) is 6.20 Å². The number of nitrogens with one attached hydrogen (secondary N) is 2. The van der Waals surface area contributed by atoms with Crippen LogP contribution in [0.25, 0.3) is 0 Å². The van der Waals surface area contributed by atoms with E-state index in [1.807, 2.05) is 10.9 Å². The topological polar surface area (TPSA) is 57.5 Å². The lowest BCUT2D eigenvalue weighted by Gasteiger charge is -2.20. The maximum absolute atomic E-state index is 4.73. The summed E-state index contributed by atoms with van der Waals surface area (Å²) < 4.78 is 1.99. The number of benzene rings is 1. The van der Waals surface area contributed by atoms with Crippen LogP contribution in [0, 0.1) is 6.92 Å². The molecule has 1 atom stereocenters. The van der Waals surface area contributed by atoms with Crippen molar-refractivity contribution in [1.82, 2.24) is 20.4 Å². The van der Waals surface area contributed by atoms with Crippen molar-refractivity contribution in [3.05, 3.63) is 48.3 Å². The van der Waals surface area contributed by atoms with Gasteiger partial charge in [-0.3, -0.25) is 9.67 Å². The maximum Gasteiger partial charge on any atom is 0.191 e. The third kappa shape index (κ3) is 6.71. The second kappa shape index (κ2) is 11.2. The lowest BCUT2D eigenvalue weighted by atomic mass is 10.3. The molecular weight excluding hydrogens is 451 g/mol. The molecule has 1 aromatic heterocycles. The molecule has 1 aliphatic rings. The summed E-state index contributed by atoms with van der Waals surface area (Å²) in [6.07, 6.45) is 6.09. The van der Waals surface area contributed by atoms with E-state index in [0.717, 1.165) is 51.5 Å². The number of halogens is 1. The Labute approximate surface area is 179 Å². The van der Waals surface area contributed by atoms with Crippen molar-refractivity contribution in [3.63, 3.8) is 0 Å². The summed E-state index contributed by atoms with van der Waals surface area (Å²) in [6, 6.07) is 11.1. The van der Waals surface area contributed by atoms with Crippen molar-refractivity contribution in [3.8, 4) is 0 Å². The number of rotatable bonds is 7. The summed E-state index contributed by atoms with van der Waals surface area (Å²) in [4.78, 5) is 7.16. The quantitative estimate of drug-likeness (QED) is 0.276. The molecule has 0 bridgehead atoms. The molecule has 2 N–H and O–H groups in total. The summed E-state index contributed by atoms with van der Waals surface area (Å²) >= 11 is 0. The van der Waals surface area contributed by atoms with Crippen molar-refractivity contribution in [2.24, 2.45) is 4.99 Å². The Morgan fingerprint density at radius 2 is 2.11 bits per heavy atom. The van der Waals surface area contributed by atoms with Gasteiger partial charge in [0.15, 0.2) is 5.96 Å². The largest absolute Gasteiger partial charge is 0.369 e. The fraction of sp³-hybridized carbons (Fsp3) is 0.500. The van der Waals surface area contributed by atoms with Gasteiger partial charge in [-0.2, -0.15) is 5.10 Å². The molecule has 7 heteroatoms. The average molecular weight is 482 g/mol. The lowest BCUT2D eigenvalue weighted by Crippen LogP contribution is -2.44. The molecule has 6 nitrogen and oxygen atoms in total. The first-order valence-corrected chi connectivity index (χ1v) is 9.58. The van der Waals surface area contributed by atoms with Crippen LogP contribution in [0.1, 0.15) is 25.3 Å². The number of guanidine groups is 1. The predicted molar refractivity (Wildman–Crippen MR) is 123 cm³/mol. The van der Waals surface area contributed by atoms with Crippen molar-refractivity contribution >= 4 is 35.6 Å². The van der Waals surface area contributed by atoms with E-state index < -0.39 is 0 Å². The number of aliphatic imine (C=N–C) groups is 1. The summed E-state index contributed by atoms with van der Waals surface area (Å²) in [5.74, 6) is 0.920. The molecule has 3 rings (SSSR count). The highest BCUT2D eigenvalue weighted by molar-refractivity contribution is 14.0. The van der Waals surface area contributed by atoms with Crippen LogP contribution in [0.2, 0.25) is 0 Å². The van der Waals surface area contributed by atoms with Gasteiger partial charge in [0.25, 0.3) is 0 Å². The van der Waals surface area contributed by atoms with Crippen molar-refractivity contribution < 1.29 is 0 Å². The Kier molecular flexibility index (Phi) is 8.90. The second-order valence-electron chi connectivity index (χ2n) is 6.81. The molecule has 0 amide bonds. The third-order valence-corrected chi connectivity index (χ3v) is 4.57. The third-order valence-electron chi connectivity index (χ3n) is 4.57. The molecule has 1 aliphatic heterocycles. The van der Waals surface area contributed by atoms with Gasteiger partial charge < -0.3 is 15.5 Å². The molecule has 1 unspecified atom stereocenters. The molecule has 0 aliphatic carbocycles. The molecule has 1 saturated heterocycles. The molecule has 27 heavy (non-hydrogen) atoms. The van der Waals surface area contributed by atoms with E-state index in [2.05, 4.69) is 71.0 Å². The van der Waals surface area contributed by atoms with E-state index in [0.29, 0.717) is 6.04 Å². The molecular formula is C20H31IN6. The summed E-state index contributed by atoms with van der Waals surface area (Å²) in [7, 11) is 0. The number of hydrogen-bond acceptors (Lipinski definition) is 3. The summed E-state index contributed by atoms with van der Waals surface area (Å²) in [5, 5.41) is 11.3. The molecule has 1 aromatic carbocycles. The van der Waals surface area contributed by atoms with Crippen LogP contribution in [-0.2, 0) is 6.54 Å². The number of anilines is 1. The van der Waals surface area contributed by atoms with Gasteiger partial charge in [-0.15, -0.1) is 24.0 Å². The van der Waals surface area contributed by atoms with Crippen LogP contribution in [0.3, 0.4) is 0 Å². The molecule has 148 valence electrons. The Hall–Kier alpha value is -1.77. The predicted octanol–water partition coefficient (Wildman–Crippen LogP) is 3.03. The van der Waals surface area contributed by atoms with Crippen molar-refractivity contribution in [2.75, 3.05) is 31.1 Å². The monoisotopic (exact) mass is 482 g/mol. The van der Waals surface area contributed by atoms with Crippen molar-refractivity contribution in [2.45, 2.75) is 39.3 Å². The van der Waals surface area contributed by atoms with Crippen LogP contribution >= 0.6 is 24.0 Å². The van der Waals surface area contributed by atoms with Gasteiger partial charge >= 0.3 is 0 Å². The molecule has 0 spiro atoms. The van der Waals surface area contributed by atoms with E-state index in [9.17, 15) is 0 Å². The zero-order chi connectivity index (χ0) is 18.2. The van der Waals surface area contributed by atoms with Gasteiger partial charge in [0.2, 0.25) is 0 Å². The summed E-state index contributed by atoms with van der Waals surface area (Å²) in [5.41, 5.74) is 2.50. The number of aryl methyl sites for hydroxylation is 2. The molecule has 2 aromatic rings. The van der Waals surface area contributed by atoms with E-state index in [4.69, 9.17) is 4.99 Å². The fourth-order valence-electron chi connectivity index (χ4n) is 3.28. The van der Waals surface area contributed by atoms with E-state index in [1.165, 1.54) is 11.3 Å². The highest BCUT2D eigenvalue weighted by atomic mass is 127. The van der Waals surface area contributed by atoms with Crippen LogP contribution in [0.4, 0.5) is 5.69 Å². The Bertz CT molecular complexity index is 700. The Balaban J connectivity index is 0.00000261. The van der Waals surface area contributed by atoms with Gasteiger partial charge in [-0.1, -0.05) is 18.2 Å². The van der Waals surface area contributed by atoms with Gasteiger partial charge in [0.1, 0.15) is 0 Å². The molecule has 1 fully saturated rings. The van der Waals surface area contributed by atoms with Gasteiger partial charge in [-0.05, 0) is 44.4 Å². The molecule has 2 heterocycles. The van der Waals surface area contributed by atoms with Crippen LogP contribution in [-0.4, -0.2) is 48.0 Å². The highest BCUT2D eigenvalue weighted by Gasteiger charge is 2.23. The normalized spacial score (nSPS) is 16.9. The minimum absolute atomic E-state index is 0. The van der Waals surface area contributed by atoms with Gasteiger partial charge in [0, 0.05) is 50.6 Å². The first kappa shape index (κ1) is 21.5. The Morgan fingerprint density at radius 1 is 1.30 bits per heavy atom. The van der Waals surface area contributed by atoms with Crippen LogP contribution < -0.4 is 15.5 Å². The summed E-state index contributed by atoms with van der Waals surface area (Å²) in [6.45, 7) is 8.84. The van der Waals surface area contributed by atoms with Crippen molar-refractivity contribution in [1.29, 1.82) is 0 Å². The van der Waals surface area contributed by atoms with Gasteiger partial charge in [-0.25, -0.2) is 0 Å². The zero-order valence-corrected chi connectivity index (χ0v) is 18.6. The number of hydrogen-bond donors (Lipinski definition) is 2. The molecule has 0 radical (unpaired) electrons. The fourth-order valence-corrected chi connectivity index (χ4v) is 3.28. The first-order chi connectivity index (χ1) is 12.7. The SMILES string of the molecule is CCNC(=NCCCn1cc(C)cn1)NC1CCN(c2ccccc2)C1.I. The second-order valence-corrected chi connectivity index (χ2v) is 6.81. The standard InChI is InChI=1S/C20H30N6.HI/c1-3-21-20(22-11-7-12-26-15-17(2)14-23-26)24-18-10-13-25(16-18)19-8-5-4-6-9-19;/h4-6,8-9,14-15,18H,3,7,10-13,16H2,1-2H3,(H2,21,22,24);1H. The Morgan fingerprint density at radius 3 is 2.81 bits per heavy atom. The number of nitrogens with zero attached hydrogens (tertiary/aromatic N) is 4. The van der Waals surface area contributed by atoms with Crippen LogP contribution in [0.15, 0.2) is 47.7 Å². The van der Waals surface area contributed by atoms with Crippen LogP contribution in [0.5, 0.6) is 0 Å². The minimum Gasteiger partial charge on any atom is -0.369 e. The minimum atomic E-state index is 0. The van der Waals surface area contributed by atoms with E-state index in [-0.39, 0.29) is 24.0 Å². The smallest absolute Gasteiger partial charge is 0.191 e. The first-order valence-electron chi connectivity index (χ1n) is 9.58. The maximum atomic E-state index is 4.73. The molecule has 0 saturated carbocycles. The number of aromatic nitrogens is 2. The van der Waals surface area contributed by atoms with E-state index >= 15 is 0 Å². The van der Waals surface area contributed by atoms with E-state index in [1.54, 1.807) is 0 Å². The zero-order valence-electron chi connectivity index (χ0n) is 16.3.